The van der Waals surface area contributed by atoms with E-state index >= 15 is 0 Å². The summed E-state index contributed by atoms with van der Waals surface area (Å²) in [6.07, 6.45) is 1.96. The maximum Gasteiger partial charge on any atom is 0.171 e. The Morgan fingerprint density at radius 3 is 2.92 bits per heavy atom. The van der Waals surface area contributed by atoms with Gasteiger partial charge in [0.15, 0.2) is 5.78 Å². The fraction of sp³-hybridized carbons (Fsp3) is 0.409. The highest BCUT2D eigenvalue weighted by Gasteiger charge is 2.66. The monoisotopic (exact) mass is 363 g/mol. The van der Waals surface area contributed by atoms with Crippen LogP contribution in [0.5, 0.6) is 5.75 Å². The summed E-state index contributed by atoms with van der Waals surface area (Å²) in [7, 11) is 0. The van der Waals surface area contributed by atoms with Gasteiger partial charge in [0.2, 0.25) is 0 Å². The zero-order valence-corrected chi connectivity index (χ0v) is 15.4. The van der Waals surface area contributed by atoms with Crippen molar-refractivity contribution in [3.05, 3.63) is 65.2 Å². The molecule has 1 aliphatic carbocycles. The standard InChI is InChI=1S/C22H21NO2S/c24-21-15-6-2-1-5-14(15)9-10-22(21)19-12-26-13-23(19)17-11-25-18-8-4-3-7-16(18)20(17)22/h1-8,17,19-20H,9-13H2/t17-,19-,20+,22+/m1/s1. The van der Waals surface area contributed by atoms with Gasteiger partial charge >= 0.3 is 0 Å². The van der Waals surface area contributed by atoms with E-state index in [1.807, 2.05) is 30.0 Å². The molecule has 2 aromatic rings. The minimum atomic E-state index is -0.303. The highest BCUT2D eigenvalue weighted by molar-refractivity contribution is 7.99. The summed E-state index contributed by atoms with van der Waals surface area (Å²) >= 11 is 1.97. The Morgan fingerprint density at radius 1 is 1.12 bits per heavy atom. The third-order valence-electron chi connectivity index (χ3n) is 7.03. The smallest absolute Gasteiger partial charge is 0.171 e. The number of carbonyl (C=O) groups is 1. The first-order chi connectivity index (χ1) is 12.8. The Balaban J connectivity index is 1.58. The molecule has 2 fully saturated rings. The van der Waals surface area contributed by atoms with E-state index < -0.39 is 0 Å². The van der Waals surface area contributed by atoms with Crippen molar-refractivity contribution in [3.63, 3.8) is 0 Å². The third kappa shape index (κ3) is 1.77. The van der Waals surface area contributed by atoms with Crippen molar-refractivity contribution in [2.24, 2.45) is 5.41 Å². The number of carbonyl (C=O) groups excluding carboxylic acids is 1. The second-order valence-electron chi connectivity index (χ2n) is 7.95. The average Bonchev–Trinajstić information content (AvgIpc) is 3.27. The second kappa shape index (κ2) is 5.37. The van der Waals surface area contributed by atoms with Gasteiger partial charge in [0.25, 0.3) is 0 Å². The Labute approximate surface area is 157 Å². The number of Topliss-reactive ketones (excluding diaryl/α,β-unsaturated/α-hetero) is 1. The predicted molar refractivity (Wildman–Crippen MR) is 103 cm³/mol. The van der Waals surface area contributed by atoms with Crippen molar-refractivity contribution in [3.8, 4) is 5.75 Å². The highest BCUT2D eigenvalue weighted by atomic mass is 32.2. The van der Waals surface area contributed by atoms with E-state index in [4.69, 9.17) is 4.74 Å². The molecule has 3 aliphatic heterocycles. The van der Waals surface area contributed by atoms with Crippen LogP contribution >= 0.6 is 11.8 Å². The van der Waals surface area contributed by atoms with E-state index in [1.165, 1.54) is 11.1 Å². The van der Waals surface area contributed by atoms with E-state index in [0.29, 0.717) is 24.5 Å². The molecule has 3 nitrogen and oxygen atoms in total. The first-order valence-electron chi connectivity index (χ1n) is 9.48. The quantitative estimate of drug-likeness (QED) is 0.713. The number of fused-ring (bicyclic) bond motifs is 8. The summed E-state index contributed by atoms with van der Waals surface area (Å²) in [4.78, 5) is 16.6. The summed E-state index contributed by atoms with van der Waals surface area (Å²) < 4.78 is 6.12. The molecule has 0 unspecified atom stereocenters. The van der Waals surface area contributed by atoms with Crippen LogP contribution in [0.15, 0.2) is 48.5 Å². The molecule has 0 saturated carbocycles. The van der Waals surface area contributed by atoms with Crippen LogP contribution in [0.3, 0.4) is 0 Å². The van der Waals surface area contributed by atoms with Crippen LogP contribution < -0.4 is 4.74 Å². The number of benzene rings is 2. The number of ether oxygens (including phenoxy) is 1. The molecule has 0 aromatic heterocycles. The molecule has 4 atom stereocenters. The van der Waals surface area contributed by atoms with Crippen LogP contribution in [0.1, 0.15) is 33.8 Å². The minimum absolute atomic E-state index is 0.249. The van der Waals surface area contributed by atoms with Gasteiger partial charge in [-0.05, 0) is 30.0 Å². The van der Waals surface area contributed by atoms with Gasteiger partial charge in [-0.15, -0.1) is 11.8 Å². The summed E-state index contributed by atoms with van der Waals surface area (Å²) in [5.41, 5.74) is 3.13. The van der Waals surface area contributed by atoms with Crippen LogP contribution in [0.25, 0.3) is 0 Å². The maximum atomic E-state index is 14.0. The number of nitrogens with zero attached hydrogens (tertiary/aromatic N) is 1. The Morgan fingerprint density at radius 2 is 1.96 bits per heavy atom. The topological polar surface area (TPSA) is 29.5 Å². The molecule has 1 spiro atoms. The predicted octanol–water partition coefficient (Wildman–Crippen LogP) is 3.74. The largest absolute Gasteiger partial charge is 0.492 e. The minimum Gasteiger partial charge on any atom is -0.492 e. The lowest BCUT2D eigenvalue weighted by atomic mass is 9.59. The van der Waals surface area contributed by atoms with Crippen molar-refractivity contribution in [2.45, 2.75) is 30.8 Å². The molecule has 0 radical (unpaired) electrons. The molecule has 132 valence electrons. The van der Waals surface area contributed by atoms with Crippen molar-refractivity contribution >= 4 is 17.5 Å². The Hall–Kier alpha value is -1.78. The molecule has 0 amide bonds. The van der Waals surface area contributed by atoms with Crippen molar-refractivity contribution in [1.29, 1.82) is 0 Å². The molecular weight excluding hydrogens is 342 g/mol. The van der Waals surface area contributed by atoms with Crippen LogP contribution in [0, 0.1) is 5.41 Å². The fourth-order valence-electron chi connectivity index (χ4n) is 5.97. The lowest BCUT2D eigenvalue weighted by Gasteiger charge is -2.43. The molecule has 26 heavy (non-hydrogen) atoms. The van der Waals surface area contributed by atoms with E-state index in [-0.39, 0.29) is 11.3 Å². The van der Waals surface area contributed by atoms with Crippen molar-refractivity contribution in [1.82, 2.24) is 4.90 Å². The molecule has 6 rings (SSSR count). The van der Waals surface area contributed by atoms with Crippen LogP contribution in [-0.4, -0.2) is 41.0 Å². The lowest BCUT2D eigenvalue weighted by Crippen LogP contribution is -2.48. The number of thioether (sulfide) groups is 1. The molecular formula is C22H21NO2S. The number of aryl methyl sites for hydroxylation is 1. The number of ketones is 1. The second-order valence-corrected chi connectivity index (χ2v) is 8.95. The van der Waals surface area contributed by atoms with Gasteiger partial charge in [-0.1, -0.05) is 42.5 Å². The third-order valence-corrected chi connectivity index (χ3v) is 8.07. The Kier molecular flexibility index (Phi) is 3.16. The van der Waals surface area contributed by atoms with Crippen LogP contribution in [0.4, 0.5) is 0 Å². The molecule has 4 aliphatic rings. The summed E-state index contributed by atoms with van der Waals surface area (Å²) in [5, 5.41) is 0. The lowest BCUT2D eigenvalue weighted by molar-refractivity contribution is 0.0671. The molecule has 0 bridgehead atoms. The Bertz CT molecular complexity index is 913. The van der Waals surface area contributed by atoms with E-state index in [9.17, 15) is 4.79 Å². The van der Waals surface area contributed by atoms with Gasteiger partial charge < -0.3 is 4.74 Å². The highest BCUT2D eigenvalue weighted by Crippen LogP contribution is 2.62. The first kappa shape index (κ1) is 15.3. The average molecular weight is 363 g/mol. The number of rotatable bonds is 0. The maximum absolute atomic E-state index is 14.0. The van der Waals surface area contributed by atoms with Crippen LogP contribution in [0.2, 0.25) is 0 Å². The summed E-state index contributed by atoms with van der Waals surface area (Å²) in [6, 6.07) is 17.3. The fourth-order valence-corrected chi connectivity index (χ4v) is 7.37. The van der Waals surface area contributed by atoms with E-state index in [0.717, 1.165) is 35.8 Å². The number of hydrogen-bond donors (Lipinski definition) is 0. The van der Waals surface area contributed by atoms with Gasteiger partial charge in [-0.2, -0.15) is 0 Å². The van der Waals surface area contributed by atoms with Gasteiger partial charge in [0.05, 0.1) is 11.5 Å². The summed E-state index contributed by atoms with van der Waals surface area (Å²) in [5.74, 6) is 3.69. The van der Waals surface area contributed by atoms with Crippen LogP contribution in [-0.2, 0) is 6.42 Å². The summed E-state index contributed by atoms with van der Waals surface area (Å²) in [6.45, 7) is 0.704. The number of para-hydroxylation sites is 1. The van der Waals surface area contributed by atoms with Gasteiger partial charge in [-0.25, -0.2) is 0 Å². The van der Waals surface area contributed by atoms with Crippen molar-refractivity contribution < 1.29 is 9.53 Å². The van der Waals surface area contributed by atoms with E-state index in [1.54, 1.807) is 0 Å². The van der Waals surface area contributed by atoms with Gasteiger partial charge in [-0.3, -0.25) is 9.69 Å². The molecule has 2 aromatic carbocycles. The zero-order chi connectivity index (χ0) is 17.3. The first-order valence-corrected chi connectivity index (χ1v) is 10.6. The van der Waals surface area contributed by atoms with E-state index in [2.05, 4.69) is 35.2 Å². The normalized spacial score (nSPS) is 34.8. The zero-order valence-electron chi connectivity index (χ0n) is 14.6. The SMILES string of the molecule is O=C1c2ccccc2CC[C@]12[C@H]1c3ccccc3OC[C@H]1N1CSC[C@@H]12. The van der Waals surface area contributed by atoms with Crippen molar-refractivity contribution in [2.75, 3.05) is 18.2 Å². The molecule has 4 heteroatoms. The molecule has 2 saturated heterocycles. The van der Waals surface area contributed by atoms with Gasteiger partial charge in [0, 0.05) is 29.2 Å². The van der Waals surface area contributed by atoms with Gasteiger partial charge in [0.1, 0.15) is 12.4 Å². The molecule has 0 N–H and O–H groups in total. The number of hydrogen-bond acceptors (Lipinski definition) is 4. The molecule has 3 heterocycles.